The summed E-state index contributed by atoms with van der Waals surface area (Å²) in [5, 5.41) is 31.7. The van der Waals surface area contributed by atoms with Crippen LogP contribution in [0.2, 0.25) is 30.1 Å². The summed E-state index contributed by atoms with van der Waals surface area (Å²) in [6.07, 6.45) is 0. The fraction of sp³-hybridized carbons (Fsp3) is 0.156. The Morgan fingerprint density at radius 2 is 0.900 bits per heavy atom. The fourth-order valence-corrected chi connectivity index (χ4v) is 9.52. The molecule has 0 aliphatic heterocycles. The molecule has 0 aliphatic rings. The smallest absolute Gasteiger partial charge is 0.335 e. The van der Waals surface area contributed by atoms with Crippen LogP contribution in [0.1, 0.15) is 81.9 Å². The first-order valence-electron chi connectivity index (χ1n) is 19.7. The van der Waals surface area contributed by atoms with Crippen LogP contribution in [0.5, 0.6) is 0 Å². The first-order valence-corrected chi connectivity index (χ1v) is 26.6. The molecule has 0 aliphatic carbocycles. The molecule has 0 bridgehead atoms. The minimum atomic E-state index is -4.01. The highest BCUT2D eigenvalue weighted by molar-refractivity contribution is 7.89. The molecule has 0 saturated heterocycles. The maximum atomic E-state index is 12.3. The topological polar surface area (TPSA) is 285 Å². The molecule has 3 atom stereocenters. The lowest BCUT2D eigenvalue weighted by Gasteiger charge is -2.15. The molecule has 0 heterocycles. The summed E-state index contributed by atoms with van der Waals surface area (Å²) in [6.45, 7) is 6.21. The zero-order valence-electron chi connectivity index (χ0n) is 37.2. The van der Waals surface area contributed by atoms with E-state index in [2.05, 4.69) is 10.6 Å². The number of sulfonamides is 3. The number of hydrogen-bond acceptors (Lipinski definition) is 10. The Hall–Kier alpha value is -4.29. The van der Waals surface area contributed by atoms with Crippen molar-refractivity contribution in [2.75, 3.05) is 0 Å². The van der Waals surface area contributed by atoms with Gasteiger partial charge in [0.05, 0.1) is 26.7 Å². The quantitative estimate of drug-likeness (QED) is 0.0567. The Kier molecular flexibility index (Phi) is 24.3. The number of nitrogens with two attached hydrogens (primary N) is 4. The van der Waals surface area contributed by atoms with E-state index in [1.165, 1.54) is 36.4 Å². The van der Waals surface area contributed by atoms with E-state index in [1.54, 1.807) is 31.2 Å². The lowest BCUT2D eigenvalue weighted by molar-refractivity contribution is 0.0696. The lowest BCUT2D eigenvalue weighted by atomic mass is 10.1. The molecule has 6 aromatic carbocycles. The molecule has 0 saturated carbocycles. The molecule has 0 unspecified atom stereocenters. The molecule has 6 rings (SSSR count). The maximum Gasteiger partial charge on any atom is 0.335 e. The SMILES string of the molecule is C[C@@H](N)c1cccc(Cl)c1.C[C@@H](NC(=O)c1ccc(Cl)c(S(N)(=O)=O)c1)c1cccc(Cl)c1.C[C@@H](NCc1ccc(Cl)c(S(N)(=O)=O)c1)c1cccc(Cl)c1.NS(=O)(=O)c1cc(C(=O)O)ccc1Cl.[B]. The summed E-state index contributed by atoms with van der Waals surface area (Å²) in [7, 11) is -11.8. The van der Waals surface area contributed by atoms with E-state index >= 15 is 0 Å². The largest absolute Gasteiger partial charge is 0.478 e. The van der Waals surface area contributed by atoms with E-state index in [0.29, 0.717) is 16.6 Å². The zero-order valence-corrected chi connectivity index (χ0v) is 44.1. The van der Waals surface area contributed by atoms with Crippen LogP contribution in [-0.4, -0.2) is 50.6 Å². The van der Waals surface area contributed by atoms with Gasteiger partial charge in [0.15, 0.2) is 0 Å². The summed E-state index contributed by atoms with van der Waals surface area (Å²) in [5.41, 5.74) is 9.32. The minimum Gasteiger partial charge on any atom is -0.478 e. The van der Waals surface area contributed by atoms with Gasteiger partial charge in [0.1, 0.15) is 14.7 Å². The van der Waals surface area contributed by atoms with E-state index in [4.69, 9.17) is 95.9 Å². The van der Waals surface area contributed by atoms with Crippen LogP contribution in [-0.2, 0) is 36.6 Å². The second kappa shape index (κ2) is 27.5. The number of benzene rings is 6. The van der Waals surface area contributed by atoms with Crippen LogP contribution < -0.4 is 31.8 Å². The number of carbonyl (C=O) groups excluding carboxylic acids is 1. The number of hydrogen-bond donors (Lipinski definition) is 7. The summed E-state index contributed by atoms with van der Waals surface area (Å²) in [4.78, 5) is 22.0. The average Bonchev–Trinajstić information content (AvgIpc) is 3.25. The molecule has 70 heavy (non-hydrogen) atoms. The van der Waals surface area contributed by atoms with Crippen molar-refractivity contribution < 1.29 is 39.9 Å². The number of amides is 1. The van der Waals surface area contributed by atoms with Gasteiger partial charge in [-0.25, -0.2) is 45.5 Å². The number of carboxylic acid groups (broad SMARTS) is 1. The normalized spacial score (nSPS) is 12.4. The molecular weight excluding hydrogens is 1090 g/mol. The van der Waals surface area contributed by atoms with Gasteiger partial charge in [-0.1, -0.05) is 112 Å². The van der Waals surface area contributed by atoms with Crippen molar-refractivity contribution in [2.24, 2.45) is 21.2 Å². The molecule has 15 nitrogen and oxygen atoms in total. The molecular formula is C45H46BCl6N6O9S3. The van der Waals surface area contributed by atoms with Crippen LogP contribution >= 0.6 is 69.6 Å². The van der Waals surface area contributed by atoms with Crippen molar-refractivity contribution in [3.63, 3.8) is 0 Å². The van der Waals surface area contributed by atoms with E-state index < -0.39 is 41.9 Å². The van der Waals surface area contributed by atoms with Gasteiger partial charge in [-0.3, -0.25) is 4.79 Å². The summed E-state index contributed by atoms with van der Waals surface area (Å²) < 4.78 is 67.7. The van der Waals surface area contributed by atoms with Gasteiger partial charge < -0.3 is 21.5 Å². The number of carbonyl (C=O) groups is 2. The fourth-order valence-electron chi connectivity index (χ4n) is 5.69. The second-order valence-corrected chi connectivity index (χ2v) is 21.9. The highest BCUT2D eigenvalue weighted by Crippen LogP contribution is 2.25. The number of halogens is 6. The molecule has 0 aromatic heterocycles. The Morgan fingerprint density at radius 3 is 1.30 bits per heavy atom. The number of aromatic carboxylic acids is 1. The number of carboxylic acids is 1. The van der Waals surface area contributed by atoms with Crippen molar-refractivity contribution >= 4 is 120 Å². The molecule has 373 valence electrons. The first kappa shape index (κ1) is 61.8. The Bertz CT molecular complexity index is 3140. The van der Waals surface area contributed by atoms with Gasteiger partial charge in [-0.2, -0.15) is 0 Å². The molecule has 11 N–H and O–H groups in total. The number of nitrogens with one attached hydrogen (secondary N) is 2. The van der Waals surface area contributed by atoms with Crippen molar-refractivity contribution in [3.05, 3.63) is 191 Å². The van der Waals surface area contributed by atoms with Crippen molar-refractivity contribution in [2.45, 2.75) is 60.1 Å². The number of rotatable bonds is 12. The van der Waals surface area contributed by atoms with Gasteiger partial charge in [-0.15, -0.1) is 0 Å². The predicted octanol–water partition coefficient (Wildman–Crippen LogP) is 9.29. The minimum absolute atomic E-state index is 0. The second-order valence-electron chi connectivity index (χ2n) is 14.7. The van der Waals surface area contributed by atoms with Crippen molar-refractivity contribution in [3.8, 4) is 0 Å². The van der Waals surface area contributed by atoms with Crippen LogP contribution in [0, 0.1) is 0 Å². The first-order chi connectivity index (χ1) is 32.0. The van der Waals surface area contributed by atoms with Crippen molar-refractivity contribution in [1.29, 1.82) is 0 Å². The summed E-state index contributed by atoms with van der Waals surface area (Å²) in [5.74, 6) is -1.69. The van der Waals surface area contributed by atoms with Crippen LogP contribution in [0.4, 0.5) is 0 Å². The Labute approximate surface area is 439 Å². The lowest BCUT2D eigenvalue weighted by Crippen LogP contribution is -2.27. The van der Waals surface area contributed by atoms with Crippen LogP contribution in [0.25, 0.3) is 0 Å². The third-order valence-corrected chi connectivity index (χ3v) is 14.2. The highest BCUT2D eigenvalue weighted by atomic mass is 35.5. The highest BCUT2D eigenvalue weighted by Gasteiger charge is 2.19. The monoisotopic (exact) mass is 1130 g/mol. The van der Waals surface area contributed by atoms with Gasteiger partial charge in [0.2, 0.25) is 30.1 Å². The van der Waals surface area contributed by atoms with Crippen LogP contribution in [0.3, 0.4) is 0 Å². The van der Waals surface area contributed by atoms with Gasteiger partial charge >= 0.3 is 5.97 Å². The van der Waals surface area contributed by atoms with E-state index in [-0.39, 0.29) is 67.4 Å². The van der Waals surface area contributed by atoms with Crippen LogP contribution in [0.15, 0.2) is 142 Å². The molecule has 0 spiro atoms. The molecule has 6 aromatic rings. The zero-order chi connectivity index (χ0) is 52.0. The molecule has 0 fully saturated rings. The third kappa shape index (κ3) is 20.1. The molecule has 25 heteroatoms. The molecule has 3 radical (unpaired) electrons. The third-order valence-electron chi connectivity index (χ3n) is 9.32. The summed E-state index contributed by atoms with van der Waals surface area (Å²) in [6, 6.07) is 34.0. The van der Waals surface area contributed by atoms with E-state index in [1.807, 2.05) is 68.4 Å². The van der Waals surface area contributed by atoms with E-state index in [9.17, 15) is 34.8 Å². The van der Waals surface area contributed by atoms with Gasteiger partial charge in [-0.05, 0) is 128 Å². The standard InChI is InChI=1S/C15H14Cl2N2O3S.C15H16Cl2N2O2S.C8H10ClN.C7H6ClNO4S.B/c1-9(10-3-2-4-12(16)7-10)19-15(20)11-5-6-13(17)14(8-11)23(18,21)22;1-10(12-3-2-4-13(16)8-12)19-9-11-5-6-14(17)15(7-11)22(18,20)21;1-6(10)7-3-2-4-8(9)5-7;8-5-2-1-4(7(10)11)3-6(5)14(9,12)13;/h2-9H,1H3,(H,19,20)(H2,18,21,22);2-8,10,19H,9H2,1H3,(H2,18,20,21);2-6H,10H2,1H3;1-3H,(H,10,11)(H2,9,12,13);/t9-;10-;6-;;/m111../s1. The Morgan fingerprint density at radius 1 is 0.529 bits per heavy atom. The van der Waals surface area contributed by atoms with E-state index in [0.717, 1.165) is 39.4 Å². The molecule has 1 amide bonds. The summed E-state index contributed by atoms with van der Waals surface area (Å²) >= 11 is 34.8. The average molecular weight is 1130 g/mol. The maximum absolute atomic E-state index is 12.3. The van der Waals surface area contributed by atoms with Gasteiger partial charge in [0.25, 0.3) is 5.91 Å². The van der Waals surface area contributed by atoms with Crippen molar-refractivity contribution in [1.82, 2.24) is 10.6 Å². The predicted molar refractivity (Wildman–Crippen MR) is 279 cm³/mol. The Balaban J connectivity index is 0.000000333. The van der Waals surface area contributed by atoms with Gasteiger partial charge in [0, 0.05) is 47.7 Å². The number of primary sulfonamides is 3.